The molecule has 6 nitrogen and oxygen atoms in total. The fourth-order valence-electron chi connectivity index (χ4n) is 1.73. The SMILES string of the molecule is CN(C(=O)OC(C)(C)C)[C@H](C(N)=NO)c1ccc(Cl)cc1. The molecule has 1 aromatic carbocycles. The van der Waals surface area contributed by atoms with E-state index < -0.39 is 17.7 Å². The summed E-state index contributed by atoms with van der Waals surface area (Å²) in [6.45, 7) is 5.29. The van der Waals surface area contributed by atoms with Gasteiger partial charge in [-0.05, 0) is 38.5 Å². The number of amidine groups is 1. The van der Waals surface area contributed by atoms with Gasteiger partial charge in [0.1, 0.15) is 11.6 Å². The molecule has 0 fully saturated rings. The maximum absolute atomic E-state index is 12.1. The number of nitrogens with zero attached hydrogens (tertiary/aromatic N) is 2. The minimum Gasteiger partial charge on any atom is -0.444 e. The summed E-state index contributed by atoms with van der Waals surface area (Å²) in [4.78, 5) is 13.4. The first-order valence-corrected chi connectivity index (χ1v) is 6.72. The van der Waals surface area contributed by atoms with Crippen LogP contribution in [0.3, 0.4) is 0 Å². The molecule has 0 radical (unpaired) electrons. The molecular weight excluding hydrogens is 294 g/mol. The predicted molar refractivity (Wildman–Crippen MR) is 81.6 cm³/mol. The van der Waals surface area contributed by atoms with Crippen molar-refractivity contribution in [1.29, 1.82) is 0 Å². The van der Waals surface area contributed by atoms with Crippen LogP contribution in [0.2, 0.25) is 5.02 Å². The zero-order chi connectivity index (χ0) is 16.2. The molecular formula is C14H20ClN3O3. The Balaban J connectivity index is 3.08. The second-order valence-corrected chi connectivity index (χ2v) is 6.01. The largest absolute Gasteiger partial charge is 0.444 e. The number of carbonyl (C=O) groups excluding carboxylic acids is 1. The van der Waals surface area contributed by atoms with Crippen LogP contribution < -0.4 is 5.73 Å². The lowest BCUT2D eigenvalue weighted by molar-refractivity contribution is 0.0263. The molecule has 1 aromatic rings. The van der Waals surface area contributed by atoms with E-state index in [4.69, 9.17) is 27.3 Å². The number of oxime groups is 1. The molecule has 0 heterocycles. The van der Waals surface area contributed by atoms with E-state index in [9.17, 15) is 4.79 Å². The molecule has 0 saturated carbocycles. The van der Waals surface area contributed by atoms with Gasteiger partial charge in [-0.2, -0.15) is 0 Å². The monoisotopic (exact) mass is 313 g/mol. The zero-order valence-corrected chi connectivity index (χ0v) is 13.3. The van der Waals surface area contributed by atoms with Crippen molar-refractivity contribution in [2.45, 2.75) is 32.4 Å². The van der Waals surface area contributed by atoms with Gasteiger partial charge in [-0.25, -0.2) is 4.79 Å². The number of rotatable bonds is 3. The van der Waals surface area contributed by atoms with Crippen molar-refractivity contribution in [3.8, 4) is 0 Å². The highest BCUT2D eigenvalue weighted by Gasteiger charge is 2.29. The topological polar surface area (TPSA) is 88.2 Å². The van der Waals surface area contributed by atoms with Crippen LogP contribution >= 0.6 is 11.6 Å². The van der Waals surface area contributed by atoms with Gasteiger partial charge in [0.05, 0.1) is 0 Å². The van der Waals surface area contributed by atoms with Gasteiger partial charge in [0.2, 0.25) is 0 Å². The van der Waals surface area contributed by atoms with E-state index in [1.54, 1.807) is 45.0 Å². The third-order valence-corrected chi connectivity index (χ3v) is 2.90. The molecule has 0 aliphatic heterocycles. The molecule has 1 atom stereocenters. The number of carbonyl (C=O) groups is 1. The summed E-state index contributed by atoms with van der Waals surface area (Å²) in [6, 6.07) is 5.98. The normalized spacial score (nSPS) is 13.7. The van der Waals surface area contributed by atoms with Crippen molar-refractivity contribution in [1.82, 2.24) is 4.90 Å². The number of halogens is 1. The van der Waals surface area contributed by atoms with Gasteiger partial charge in [0.25, 0.3) is 0 Å². The van der Waals surface area contributed by atoms with Crippen LogP contribution in [-0.2, 0) is 4.74 Å². The summed E-state index contributed by atoms with van der Waals surface area (Å²) < 4.78 is 5.29. The molecule has 0 unspecified atom stereocenters. The van der Waals surface area contributed by atoms with E-state index in [1.807, 2.05) is 0 Å². The molecule has 1 amide bonds. The fraction of sp³-hybridized carbons (Fsp3) is 0.429. The van der Waals surface area contributed by atoms with Gasteiger partial charge in [-0.1, -0.05) is 28.9 Å². The second-order valence-electron chi connectivity index (χ2n) is 5.57. The minimum atomic E-state index is -0.748. The molecule has 0 bridgehead atoms. The van der Waals surface area contributed by atoms with Crippen LogP contribution in [0.25, 0.3) is 0 Å². The van der Waals surface area contributed by atoms with Crippen LogP contribution in [0.1, 0.15) is 32.4 Å². The van der Waals surface area contributed by atoms with E-state index in [2.05, 4.69) is 5.16 Å². The lowest BCUT2D eigenvalue weighted by atomic mass is 10.1. The Kier molecular flexibility index (Phi) is 5.43. The Morgan fingerprint density at radius 2 is 1.90 bits per heavy atom. The lowest BCUT2D eigenvalue weighted by Crippen LogP contribution is -2.42. The highest BCUT2D eigenvalue weighted by molar-refractivity contribution is 6.30. The van der Waals surface area contributed by atoms with E-state index in [0.717, 1.165) is 0 Å². The maximum atomic E-state index is 12.1. The molecule has 0 spiro atoms. The van der Waals surface area contributed by atoms with Gasteiger partial charge >= 0.3 is 6.09 Å². The van der Waals surface area contributed by atoms with Crippen molar-refractivity contribution in [3.05, 3.63) is 34.9 Å². The summed E-state index contributed by atoms with van der Waals surface area (Å²) in [5.74, 6) is -0.120. The summed E-state index contributed by atoms with van der Waals surface area (Å²) in [5.41, 5.74) is 5.73. The first-order valence-electron chi connectivity index (χ1n) is 6.34. The third-order valence-electron chi connectivity index (χ3n) is 2.65. The Morgan fingerprint density at radius 1 is 1.38 bits per heavy atom. The van der Waals surface area contributed by atoms with Crippen LogP contribution in [0.15, 0.2) is 29.4 Å². The zero-order valence-electron chi connectivity index (χ0n) is 12.5. The first kappa shape index (κ1) is 17.1. The number of ether oxygens (including phenoxy) is 1. The molecule has 0 saturated heterocycles. The molecule has 0 aliphatic rings. The van der Waals surface area contributed by atoms with Gasteiger partial charge in [-0.15, -0.1) is 0 Å². The Hall–Kier alpha value is -1.95. The summed E-state index contributed by atoms with van der Waals surface area (Å²) in [6.07, 6.45) is -0.575. The standard InChI is InChI=1S/C14H20ClN3O3/c1-14(2,3)21-13(19)18(4)11(12(16)17-20)9-5-7-10(15)8-6-9/h5-8,11,20H,1-4H3,(H2,16,17)/t11-/m0/s1. The van der Waals surface area contributed by atoms with E-state index in [-0.39, 0.29) is 5.84 Å². The molecule has 116 valence electrons. The lowest BCUT2D eigenvalue weighted by Gasteiger charge is -2.30. The quantitative estimate of drug-likeness (QED) is 0.388. The average molecular weight is 314 g/mol. The number of benzene rings is 1. The number of likely N-dealkylation sites (N-methyl/N-ethyl adjacent to an activating group) is 1. The number of amides is 1. The molecule has 0 aromatic heterocycles. The Bertz CT molecular complexity index is 523. The first-order chi connectivity index (χ1) is 9.65. The molecule has 1 rings (SSSR count). The van der Waals surface area contributed by atoms with Crippen LogP contribution in [0.4, 0.5) is 4.79 Å². The van der Waals surface area contributed by atoms with Gasteiger partial charge < -0.3 is 15.7 Å². The van der Waals surface area contributed by atoms with Gasteiger partial charge in [-0.3, -0.25) is 4.90 Å². The summed E-state index contributed by atoms with van der Waals surface area (Å²) >= 11 is 5.84. The molecule has 3 N–H and O–H groups in total. The highest BCUT2D eigenvalue weighted by atomic mass is 35.5. The van der Waals surface area contributed by atoms with Crippen LogP contribution in [0, 0.1) is 0 Å². The van der Waals surface area contributed by atoms with Crippen molar-refractivity contribution >= 4 is 23.5 Å². The number of hydrogen-bond acceptors (Lipinski definition) is 4. The third kappa shape index (κ3) is 4.82. The van der Waals surface area contributed by atoms with Crippen molar-refractivity contribution in [2.24, 2.45) is 10.9 Å². The predicted octanol–water partition coefficient (Wildman–Crippen LogP) is 2.99. The van der Waals surface area contributed by atoms with E-state index in [0.29, 0.717) is 10.6 Å². The second kappa shape index (κ2) is 6.67. The fourth-order valence-corrected chi connectivity index (χ4v) is 1.86. The van der Waals surface area contributed by atoms with Gasteiger partial charge in [0.15, 0.2) is 5.84 Å². The molecule has 0 aliphatic carbocycles. The van der Waals surface area contributed by atoms with Crippen molar-refractivity contribution in [3.63, 3.8) is 0 Å². The molecule has 7 heteroatoms. The Labute approximate surface area is 129 Å². The highest BCUT2D eigenvalue weighted by Crippen LogP contribution is 2.23. The van der Waals surface area contributed by atoms with Crippen LogP contribution in [0.5, 0.6) is 0 Å². The average Bonchev–Trinajstić information content (AvgIpc) is 2.38. The maximum Gasteiger partial charge on any atom is 0.410 e. The van der Waals surface area contributed by atoms with Crippen molar-refractivity contribution in [2.75, 3.05) is 7.05 Å². The minimum absolute atomic E-state index is 0.120. The number of hydrogen-bond donors (Lipinski definition) is 2. The summed E-state index contributed by atoms with van der Waals surface area (Å²) in [5, 5.41) is 12.5. The van der Waals surface area contributed by atoms with E-state index in [1.165, 1.54) is 11.9 Å². The van der Waals surface area contributed by atoms with Crippen LogP contribution in [-0.4, -0.2) is 34.7 Å². The van der Waals surface area contributed by atoms with Crippen molar-refractivity contribution < 1.29 is 14.7 Å². The number of nitrogens with two attached hydrogens (primary N) is 1. The smallest absolute Gasteiger partial charge is 0.410 e. The summed E-state index contributed by atoms with van der Waals surface area (Å²) in [7, 11) is 1.52. The Morgan fingerprint density at radius 3 is 2.33 bits per heavy atom. The van der Waals surface area contributed by atoms with E-state index >= 15 is 0 Å². The molecule has 21 heavy (non-hydrogen) atoms. The van der Waals surface area contributed by atoms with Gasteiger partial charge in [0, 0.05) is 12.1 Å².